The van der Waals surface area contributed by atoms with Gasteiger partial charge in [-0.2, -0.15) is 0 Å². The molecule has 1 unspecified atom stereocenters. The van der Waals surface area contributed by atoms with Crippen LogP contribution in [-0.4, -0.2) is 24.3 Å². The van der Waals surface area contributed by atoms with Gasteiger partial charge in [0.25, 0.3) is 0 Å². The van der Waals surface area contributed by atoms with Gasteiger partial charge >= 0.3 is 0 Å². The van der Waals surface area contributed by atoms with E-state index in [0.717, 1.165) is 0 Å². The molecular formula is C15H16FNO3. The van der Waals surface area contributed by atoms with E-state index >= 15 is 0 Å². The van der Waals surface area contributed by atoms with Gasteiger partial charge in [0.05, 0.1) is 20.3 Å². The quantitative estimate of drug-likeness (QED) is 0.912. The minimum absolute atomic E-state index is 0.116. The molecule has 1 aromatic heterocycles. The van der Waals surface area contributed by atoms with Crippen LogP contribution < -0.4 is 9.47 Å². The number of methoxy groups -OCH3 is 2. The highest BCUT2D eigenvalue weighted by Gasteiger charge is 2.17. The van der Waals surface area contributed by atoms with Crippen molar-refractivity contribution in [3.63, 3.8) is 0 Å². The maximum Gasteiger partial charge on any atom is 0.218 e. The monoisotopic (exact) mass is 277 g/mol. The lowest BCUT2D eigenvalue weighted by atomic mass is 10.0. The van der Waals surface area contributed by atoms with Gasteiger partial charge < -0.3 is 14.6 Å². The smallest absolute Gasteiger partial charge is 0.218 e. The van der Waals surface area contributed by atoms with Crippen LogP contribution in [0.15, 0.2) is 36.5 Å². The first-order valence-corrected chi connectivity index (χ1v) is 6.15. The number of rotatable bonds is 5. The van der Waals surface area contributed by atoms with Crippen LogP contribution in [0.1, 0.15) is 17.2 Å². The Morgan fingerprint density at radius 2 is 2.00 bits per heavy atom. The number of benzene rings is 1. The molecule has 5 heteroatoms. The summed E-state index contributed by atoms with van der Waals surface area (Å²) in [5.41, 5.74) is 0.903. The van der Waals surface area contributed by atoms with E-state index in [4.69, 9.17) is 9.47 Å². The van der Waals surface area contributed by atoms with Crippen LogP contribution in [0.5, 0.6) is 11.6 Å². The molecule has 0 spiro atoms. The van der Waals surface area contributed by atoms with Gasteiger partial charge in [0.15, 0.2) is 11.6 Å². The fraction of sp³-hybridized carbons (Fsp3) is 0.267. The average Bonchev–Trinajstić information content (AvgIpc) is 2.49. The second-order valence-corrected chi connectivity index (χ2v) is 4.26. The number of aromatic nitrogens is 1. The number of halogens is 1. The zero-order valence-electron chi connectivity index (χ0n) is 11.3. The van der Waals surface area contributed by atoms with Crippen LogP contribution in [0.2, 0.25) is 0 Å². The van der Waals surface area contributed by atoms with Crippen LogP contribution in [0.4, 0.5) is 4.39 Å². The number of nitrogens with zero attached hydrogens (tertiary/aromatic N) is 1. The number of aliphatic hydroxyl groups excluding tert-OH is 1. The summed E-state index contributed by atoms with van der Waals surface area (Å²) in [5.74, 6) is 0.0352. The number of hydrogen-bond donors (Lipinski definition) is 1. The minimum atomic E-state index is -0.903. The van der Waals surface area contributed by atoms with Gasteiger partial charge in [-0.3, -0.25) is 0 Å². The molecule has 106 valence electrons. The molecule has 0 fully saturated rings. The Balaban J connectivity index is 2.26. The van der Waals surface area contributed by atoms with Crippen LogP contribution in [0, 0.1) is 5.82 Å². The first kappa shape index (κ1) is 14.3. The second kappa shape index (κ2) is 6.34. The molecular weight excluding hydrogens is 261 g/mol. The third kappa shape index (κ3) is 2.88. The number of ether oxygens (including phenoxy) is 2. The Kier molecular flexibility index (Phi) is 4.53. The van der Waals surface area contributed by atoms with Crippen LogP contribution in [0.25, 0.3) is 0 Å². The summed E-state index contributed by atoms with van der Waals surface area (Å²) in [7, 11) is 2.88. The predicted octanol–water partition coefficient (Wildman–Crippen LogP) is 2.51. The lowest BCUT2D eigenvalue weighted by Crippen LogP contribution is -2.07. The first-order chi connectivity index (χ1) is 9.67. The van der Waals surface area contributed by atoms with Gasteiger partial charge in [-0.25, -0.2) is 9.37 Å². The number of aliphatic hydroxyl groups is 1. The molecule has 0 saturated heterocycles. The Morgan fingerprint density at radius 1 is 1.20 bits per heavy atom. The summed E-state index contributed by atoms with van der Waals surface area (Å²) < 4.78 is 24.1. The van der Waals surface area contributed by atoms with Crippen molar-refractivity contribution >= 4 is 0 Å². The zero-order chi connectivity index (χ0) is 14.5. The molecule has 20 heavy (non-hydrogen) atoms. The van der Waals surface area contributed by atoms with E-state index in [-0.39, 0.29) is 12.2 Å². The number of hydrogen-bond acceptors (Lipinski definition) is 4. The molecule has 0 aliphatic rings. The Morgan fingerprint density at radius 3 is 2.70 bits per heavy atom. The highest BCUT2D eigenvalue weighted by molar-refractivity contribution is 5.34. The molecule has 1 atom stereocenters. The van der Waals surface area contributed by atoms with Gasteiger partial charge in [-0.15, -0.1) is 0 Å². The molecule has 0 radical (unpaired) electrons. The van der Waals surface area contributed by atoms with Gasteiger partial charge in [-0.05, 0) is 23.8 Å². The maximum atomic E-state index is 14.0. The van der Waals surface area contributed by atoms with Crippen molar-refractivity contribution in [2.45, 2.75) is 12.5 Å². The van der Waals surface area contributed by atoms with E-state index < -0.39 is 11.9 Å². The zero-order valence-corrected chi connectivity index (χ0v) is 11.3. The van der Waals surface area contributed by atoms with E-state index in [1.54, 1.807) is 30.5 Å². The fourth-order valence-corrected chi connectivity index (χ4v) is 2.02. The third-order valence-electron chi connectivity index (χ3n) is 3.03. The lowest BCUT2D eigenvalue weighted by molar-refractivity contribution is 0.171. The Hall–Kier alpha value is -2.14. The molecule has 0 aliphatic heterocycles. The van der Waals surface area contributed by atoms with Crippen molar-refractivity contribution in [2.24, 2.45) is 0 Å². The Bertz CT molecular complexity index is 589. The van der Waals surface area contributed by atoms with Crippen LogP contribution >= 0.6 is 0 Å². The fourth-order valence-electron chi connectivity index (χ4n) is 2.02. The minimum Gasteiger partial charge on any atom is -0.494 e. The molecule has 4 nitrogen and oxygen atoms in total. The molecule has 1 aromatic carbocycles. The number of pyridine rings is 1. The topological polar surface area (TPSA) is 51.6 Å². The molecule has 0 amide bonds. The van der Waals surface area contributed by atoms with E-state index in [1.807, 2.05) is 0 Å². The highest BCUT2D eigenvalue weighted by Crippen LogP contribution is 2.28. The lowest BCUT2D eigenvalue weighted by Gasteiger charge is -2.15. The summed E-state index contributed by atoms with van der Waals surface area (Å²) in [6, 6.07) is 8.24. The largest absolute Gasteiger partial charge is 0.494 e. The first-order valence-electron chi connectivity index (χ1n) is 6.15. The van der Waals surface area contributed by atoms with Crippen molar-refractivity contribution < 1.29 is 19.0 Å². The molecule has 2 rings (SSSR count). The molecule has 1 heterocycles. The van der Waals surface area contributed by atoms with Gasteiger partial charge in [0, 0.05) is 18.2 Å². The van der Waals surface area contributed by atoms with Gasteiger partial charge in [0.1, 0.15) is 0 Å². The summed E-state index contributed by atoms with van der Waals surface area (Å²) in [4.78, 5) is 4.02. The standard InChI is InChI=1S/C15H16FNO3/c1-19-13-7-3-5-10(14(13)16)9-12(18)11-6-4-8-17-15(11)20-2/h3-8,12,18H,9H2,1-2H3. The summed E-state index contributed by atoms with van der Waals surface area (Å²) >= 11 is 0. The van der Waals surface area contributed by atoms with Crippen LogP contribution in [0.3, 0.4) is 0 Å². The van der Waals surface area contributed by atoms with E-state index in [1.165, 1.54) is 20.3 Å². The summed E-state index contributed by atoms with van der Waals surface area (Å²) in [5, 5.41) is 10.2. The predicted molar refractivity (Wildman–Crippen MR) is 72.4 cm³/mol. The second-order valence-electron chi connectivity index (χ2n) is 4.26. The normalized spacial score (nSPS) is 12.0. The third-order valence-corrected chi connectivity index (χ3v) is 3.03. The average molecular weight is 277 g/mol. The summed E-state index contributed by atoms with van der Waals surface area (Å²) in [6.07, 6.45) is 0.784. The molecule has 2 aromatic rings. The van der Waals surface area contributed by atoms with E-state index in [2.05, 4.69) is 4.98 Å². The van der Waals surface area contributed by atoms with Gasteiger partial charge in [0.2, 0.25) is 5.88 Å². The SMILES string of the molecule is COc1cccc(CC(O)c2cccnc2OC)c1F. The molecule has 0 aliphatic carbocycles. The van der Waals surface area contributed by atoms with Crippen molar-refractivity contribution in [3.8, 4) is 11.6 Å². The van der Waals surface area contributed by atoms with E-state index in [0.29, 0.717) is 17.0 Å². The van der Waals surface area contributed by atoms with Crippen molar-refractivity contribution in [2.75, 3.05) is 14.2 Å². The maximum absolute atomic E-state index is 14.0. The van der Waals surface area contributed by atoms with Gasteiger partial charge in [-0.1, -0.05) is 12.1 Å². The highest BCUT2D eigenvalue weighted by atomic mass is 19.1. The Labute approximate surface area is 116 Å². The molecule has 1 N–H and O–H groups in total. The van der Waals surface area contributed by atoms with E-state index in [9.17, 15) is 9.50 Å². The summed E-state index contributed by atoms with van der Waals surface area (Å²) in [6.45, 7) is 0. The molecule has 0 bridgehead atoms. The molecule has 0 saturated carbocycles. The van der Waals surface area contributed by atoms with Crippen molar-refractivity contribution in [3.05, 3.63) is 53.5 Å². The van der Waals surface area contributed by atoms with Crippen molar-refractivity contribution in [1.29, 1.82) is 0 Å². The van der Waals surface area contributed by atoms with Crippen molar-refractivity contribution in [1.82, 2.24) is 4.98 Å². The van der Waals surface area contributed by atoms with Crippen LogP contribution in [-0.2, 0) is 6.42 Å².